The molecule has 0 aliphatic rings. The first kappa shape index (κ1) is 18.7. The Morgan fingerprint density at radius 2 is 1.68 bits per heavy atom. The molecule has 0 aromatic heterocycles. The zero-order chi connectivity index (χ0) is 16.6. The maximum Gasteiger partial charge on any atom is 0.261 e. The third-order valence-corrected chi connectivity index (χ3v) is 4.51. The fraction of sp³-hybridized carbons (Fsp3) is 0.500. The van der Waals surface area contributed by atoms with Crippen molar-refractivity contribution in [3.63, 3.8) is 0 Å². The maximum atomic E-state index is 12.4. The van der Waals surface area contributed by atoms with E-state index in [1.165, 1.54) is 12.1 Å². The molecule has 0 amide bonds. The van der Waals surface area contributed by atoms with Crippen molar-refractivity contribution in [3.05, 3.63) is 42.6 Å². The molecule has 0 saturated carbocycles. The summed E-state index contributed by atoms with van der Waals surface area (Å²) >= 11 is 0. The minimum absolute atomic E-state index is 0.176. The van der Waals surface area contributed by atoms with E-state index >= 15 is 0 Å². The number of hydrogen-bond acceptors (Lipinski definition) is 4. The molecule has 0 spiro atoms. The van der Waals surface area contributed by atoms with E-state index in [2.05, 4.69) is 11.3 Å². The summed E-state index contributed by atoms with van der Waals surface area (Å²) in [5.41, 5.74) is 0.196. The molecule has 1 aromatic rings. The van der Waals surface area contributed by atoms with Crippen molar-refractivity contribution >= 4 is 10.0 Å². The number of rotatable bonds is 10. The van der Waals surface area contributed by atoms with E-state index in [1.54, 1.807) is 18.2 Å². The Bertz CT molecular complexity index is 552. The van der Waals surface area contributed by atoms with Crippen LogP contribution in [0.1, 0.15) is 33.6 Å². The fourth-order valence-electron chi connectivity index (χ4n) is 2.21. The molecule has 1 aromatic carbocycles. The van der Waals surface area contributed by atoms with Gasteiger partial charge in [0.25, 0.3) is 10.0 Å². The van der Waals surface area contributed by atoms with Gasteiger partial charge in [0.2, 0.25) is 5.79 Å². The van der Waals surface area contributed by atoms with Gasteiger partial charge in [-0.15, -0.1) is 0 Å². The monoisotopic (exact) mass is 327 g/mol. The molecule has 5 nitrogen and oxygen atoms in total. The van der Waals surface area contributed by atoms with Crippen LogP contribution in [0, 0.1) is 0 Å². The van der Waals surface area contributed by atoms with Gasteiger partial charge in [-0.1, -0.05) is 38.1 Å². The van der Waals surface area contributed by atoms with E-state index in [0.29, 0.717) is 19.6 Å². The summed E-state index contributed by atoms with van der Waals surface area (Å²) in [4.78, 5) is 0.176. The number of sulfonamides is 1. The zero-order valence-electron chi connectivity index (χ0n) is 13.5. The van der Waals surface area contributed by atoms with Gasteiger partial charge in [0.1, 0.15) is 0 Å². The minimum atomic E-state index is -3.71. The second-order valence-electron chi connectivity index (χ2n) is 4.77. The van der Waals surface area contributed by atoms with Gasteiger partial charge >= 0.3 is 0 Å². The largest absolute Gasteiger partial charge is 0.345 e. The molecule has 0 atom stereocenters. The predicted molar refractivity (Wildman–Crippen MR) is 86.8 cm³/mol. The van der Waals surface area contributed by atoms with Crippen molar-refractivity contribution < 1.29 is 17.9 Å². The minimum Gasteiger partial charge on any atom is -0.345 e. The molecule has 0 saturated heterocycles. The standard InChI is InChI=1S/C16H25NO4S/c1-5-13-16(20-6-2,21-7-3)14(4)17-22(18,19)15-11-9-8-10-12-15/h8-12,17H,4-7,13H2,1-3H3. The Hall–Kier alpha value is -1.37. The van der Waals surface area contributed by atoms with E-state index in [4.69, 9.17) is 9.47 Å². The van der Waals surface area contributed by atoms with E-state index in [0.717, 1.165) is 6.42 Å². The first-order valence-corrected chi connectivity index (χ1v) is 8.95. The van der Waals surface area contributed by atoms with Crippen molar-refractivity contribution in [3.8, 4) is 0 Å². The molecule has 1 rings (SSSR count). The normalized spacial score (nSPS) is 12.1. The van der Waals surface area contributed by atoms with Gasteiger partial charge in [-0.3, -0.25) is 4.72 Å². The molecule has 124 valence electrons. The molecule has 0 radical (unpaired) electrons. The molecule has 0 fully saturated rings. The van der Waals surface area contributed by atoms with Gasteiger partial charge in [0.05, 0.1) is 10.6 Å². The van der Waals surface area contributed by atoms with Crippen LogP contribution in [0.3, 0.4) is 0 Å². The topological polar surface area (TPSA) is 64.6 Å². The van der Waals surface area contributed by atoms with Crippen LogP contribution in [-0.4, -0.2) is 27.4 Å². The van der Waals surface area contributed by atoms with Crippen molar-refractivity contribution in [2.45, 2.75) is 44.3 Å². The molecule has 0 bridgehead atoms. The number of hydrogen-bond donors (Lipinski definition) is 1. The molecule has 0 unspecified atom stereocenters. The predicted octanol–water partition coefficient (Wildman–Crippen LogP) is 3.05. The highest BCUT2D eigenvalue weighted by molar-refractivity contribution is 7.89. The molecule has 0 aliphatic heterocycles. The summed E-state index contributed by atoms with van der Waals surface area (Å²) in [5, 5.41) is 0. The summed E-state index contributed by atoms with van der Waals surface area (Å²) in [6, 6.07) is 8.15. The molecule has 0 heterocycles. The quantitative estimate of drug-likeness (QED) is 0.671. The summed E-state index contributed by atoms with van der Waals surface area (Å²) in [5.74, 6) is -1.14. The van der Waals surface area contributed by atoms with Gasteiger partial charge in [-0.25, -0.2) is 8.42 Å². The molecule has 6 heteroatoms. The summed E-state index contributed by atoms with van der Waals surface area (Å²) in [7, 11) is -3.71. The van der Waals surface area contributed by atoms with Crippen molar-refractivity contribution in [2.24, 2.45) is 0 Å². The van der Waals surface area contributed by atoms with Gasteiger partial charge in [0, 0.05) is 19.6 Å². The Morgan fingerprint density at radius 1 is 1.14 bits per heavy atom. The van der Waals surface area contributed by atoms with E-state index in [1.807, 2.05) is 20.8 Å². The fourth-order valence-corrected chi connectivity index (χ4v) is 3.32. The number of nitrogens with one attached hydrogen (secondary N) is 1. The third kappa shape index (κ3) is 4.56. The van der Waals surface area contributed by atoms with Crippen LogP contribution >= 0.6 is 0 Å². The van der Waals surface area contributed by atoms with Crippen LogP contribution in [-0.2, 0) is 19.5 Å². The van der Waals surface area contributed by atoms with Crippen molar-refractivity contribution in [1.29, 1.82) is 0 Å². The smallest absolute Gasteiger partial charge is 0.261 e. The molecular formula is C16H25NO4S. The third-order valence-electron chi connectivity index (χ3n) is 3.10. The van der Waals surface area contributed by atoms with Gasteiger partial charge in [-0.05, 0) is 26.0 Å². The first-order chi connectivity index (χ1) is 10.4. The van der Waals surface area contributed by atoms with E-state index in [9.17, 15) is 8.42 Å². The molecular weight excluding hydrogens is 302 g/mol. The zero-order valence-corrected chi connectivity index (χ0v) is 14.3. The summed E-state index contributed by atoms with van der Waals surface area (Å²) < 4.78 is 38.7. The maximum absolute atomic E-state index is 12.4. The van der Waals surface area contributed by atoms with Crippen LogP contribution in [0.2, 0.25) is 0 Å². The Morgan fingerprint density at radius 3 is 2.14 bits per heavy atom. The molecule has 22 heavy (non-hydrogen) atoms. The molecule has 0 aliphatic carbocycles. The lowest BCUT2D eigenvalue weighted by Crippen LogP contribution is -2.44. The average Bonchev–Trinajstić information content (AvgIpc) is 2.48. The first-order valence-electron chi connectivity index (χ1n) is 7.47. The van der Waals surface area contributed by atoms with Gasteiger partial charge in [0.15, 0.2) is 0 Å². The molecule has 1 N–H and O–H groups in total. The summed E-state index contributed by atoms with van der Waals surface area (Å²) in [6.07, 6.45) is 1.29. The second-order valence-corrected chi connectivity index (χ2v) is 6.45. The van der Waals surface area contributed by atoms with E-state index in [-0.39, 0.29) is 10.6 Å². The van der Waals surface area contributed by atoms with Crippen LogP contribution < -0.4 is 4.72 Å². The Kier molecular flexibility index (Phi) is 7.06. The second kappa shape index (κ2) is 8.31. The van der Waals surface area contributed by atoms with Gasteiger partial charge < -0.3 is 9.47 Å². The number of ether oxygens (including phenoxy) is 2. The summed E-state index contributed by atoms with van der Waals surface area (Å²) in [6.45, 7) is 10.3. The highest BCUT2D eigenvalue weighted by Crippen LogP contribution is 2.28. The van der Waals surface area contributed by atoms with Crippen molar-refractivity contribution in [2.75, 3.05) is 13.2 Å². The van der Waals surface area contributed by atoms with Crippen LogP contribution in [0.15, 0.2) is 47.5 Å². The van der Waals surface area contributed by atoms with Gasteiger partial charge in [-0.2, -0.15) is 0 Å². The highest BCUT2D eigenvalue weighted by Gasteiger charge is 2.36. The Balaban J connectivity index is 3.04. The lowest BCUT2D eigenvalue weighted by molar-refractivity contribution is -0.212. The SMILES string of the molecule is C=C(NS(=O)(=O)c1ccccc1)C(CCC)(OCC)OCC. The van der Waals surface area contributed by atoms with E-state index < -0.39 is 15.8 Å². The highest BCUT2D eigenvalue weighted by atomic mass is 32.2. The average molecular weight is 327 g/mol. The van der Waals surface area contributed by atoms with Crippen molar-refractivity contribution in [1.82, 2.24) is 4.72 Å². The van der Waals surface area contributed by atoms with Crippen LogP contribution in [0.5, 0.6) is 0 Å². The lowest BCUT2D eigenvalue weighted by atomic mass is 10.1. The van der Waals surface area contributed by atoms with Crippen LogP contribution in [0.4, 0.5) is 0 Å². The lowest BCUT2D eigenvalue weighted by Gasteiger charge is -2.35. The number of benzene rings is 1. The Labute approximate surface area is 133 Å². The van der Waals surface area contributed by atoms with Crippen LogP contribution in [0.25, 0.3) is 0 Å².